The Hall–Kier alpha value is -0.610. The molecule has 0 saturated carbocycles. The fourth-order valence-electron chi connectivity index (χ4n) is 0.823. The third-order valence-electron chi connectivity index (χ3n) is 2.43. The van der Waals surface area contributed by atoms with E-state index in [0.29, 0.717) is 6.42 Å². The van der Waals surface area contributed by atoms with E-state index in [4.69, 9.17) is 5.73 Å². The van der Waals surface area contributed by atoms with E-state index in [9.17, 15) is 9.90 Å². The van der Waals surface area contributed by atoms with Crippen LogP contribution in [-0.2, 0) is 4.79 Å². The molecule has 0 aliphatic carbocycles. The lowest BCUT2D eigenvalue weighted by Crippen LogP contribution is -2.48. The van der Waals surface area contributed by atoms with Gasteiger partial charge in [0.2, 0.25) is 5.91 Å². The van der Waals surface area contributed by atoms with Gasteiger partial charge in [0.1, 0.15) is 0 Å². The van der Waals surface area contributed by atoms with E-state index in [-0.39, 0.29) is 18.4 Å². The van der Waals surface area contributed by atoms with Crippen LogP contribution in [0.1, 0.15) is 34.1 Å². The van der Waals surface area contributed by atoms with E-state index in [1.807, 2.05) is 20.8 Å². The summed E-state index contributed by atoms with van der Waals surface area (Å²) in [5.41, 5.74) is 4.80. The first kappa shape index (κ1) is 13.4. The van der Waals surface area contributed by atoms with Gasteiger partial charge in [0, 0.05) is 6.54 Å². The lowest BCUT2D eigenvalue weighted by atomic mass is 10.0. The lowest BCUT2D eigenvalue weighted by Gasteiger charge is -2.23. The van der Waals surface area contributed by atoms with Crippen molar-refractivity contribution in [2.75, 3.05) is 6.54 Å². The minimum absolute atomic E-state index is 0.113. The molecule has 0 aromatic carbocycles. The SMILES string of the molecule is CCC(C)(O)CNC(=O)C(N)C(C)C. The number of nitrogens with two attached hydrogens (primary N) is 1. The fourth-order valence-corrected chi connectivity index (χ4v) is 0.823. The molecule has 0 saturated heterocycles. The molecular formula is C10H22N2O2. The van der Waals surface area contributed by atoms with Crippen molar-refractivity contribution in [2.45, 2.75) is 45.8 Å². The molecule has 1 amide bonds. The van der Waals surface area contributed by atoms with Crippen LogP contribution in [0.2, 0.25) is 0 Å². The molecule has 2 atom stereocenters. The number of hydrogen-bond donors (Lipinski definition) is 3. The molecule has 0 heterocycles. The zero-order chi connectivity index (χ0) is 11.4. The Labute approximate surface area is 85.9 Å². The van der Waals surface area contributed by atoms with Crippen molar-refractivity contribution in [3.63, 3.8) is 0 Å². The van der Waals surface area contributed by atoms with Gasteiger partial charge in [-0.05, 0) is 19.3 Å². The zero-order valence-electron chi connectivity index (χ0n) is 9.50. The van der Waals surface area contributed by atoms with Crippen LogP contribution in [0.15, 0.2) is 0 Å². The van der Waals surface area contributed by atoms with Crippen molar-refractivity contribution >= 4 is 5.91 Å². The molecule has 14 heavy (non-hydrogen) atoms. The minimum Gasteiger partial charge on any atom is -0.388 e. The van der Waals surface area contributed by atoms with Gasteiger partial charge in [0.25, 0.3) is 0 Å². The summed E-state index contributed by atoms with van der Waals surface area (Å²) in [6.45, 7) is 7.59. The third-order valence-corrected chi connectivity index (χ3v) is 2.43. The van der Waals surface area contributed by atoms with Gasteiger partial charge in [-0.1, -0.05) is 20.8 Å². The second-order valence-electron chi connectivity index (χ2n) is 4.34. The number of hydrogen-bond acceptors (Lipinski definition) is 3. The molecule has 0 aromatic heterocycles. The van der Waals surface area contributed by atoms with Crippen LogP contribution in [0.5, 0.6) is 0 Å². The van der Waals surface area contributed by atoms with Crippen molar-refractivity contribution in [1.29, 1.82) is 0 Å². The summed E-state index contributed by atoms with van der Waals surface area (Å²) in [6, 6.07) is -0.498. The third kappa shape index (κ3) is 4.58. The smallest absolute Gasteiger partial charge is 0.237 e. The summed E-state index contributed by atoms with van der Waals surface area (Å²) in [6.07, 6.45) is 0.601. The van der Waals surface area contributed by atoms with Crippen LogP contribution in [0.3, 0.4) is 0 Å². The van der Waals surface area contributed by atoms with Crippen molar-refractivity contribution < 1.29 is 9.90 Å². The Kier molecular flexibility index (Phi) is 5.08. The second-order valence-corrected chi connectivity index (χ2v) is 4.34. The first-order chi connectivity index (χ1) is 6.30. The summed E-state index contributed by atoms with van der Waals surface area (Å²) < 4.78 is 0. The van der Waals surface area contributed by atoms with E-state index in [1.54, 1.807) is 6.92 Å². The molecule has 0 aliphatic heterocycles. The predicted octanol–water partition coefficient (Wildman–Crippen LogP) is 0.247. The topological polar surface area (TPSA) is 75.3 Å². The first-order valence-electron chi connectivity index (χ1n) is 5.06. The summed E-state index contributed by atoms with van der Waals surface area (Å²) in [5.74, 6) is -0.0877. The van der Waals surface area contributed by atoms with Gasteiger partial charge < -0.3 is 16.2 Å². The van der Waals surface area contributed by atoms with E-state index in [1.165, 1.54) is 0 Å². The number of aliphatic hydroxyl groups is 1. The van der Waals surface area contributed by atoms with E-state index in [2.05, 4.69) is 5.32 Å². The van der Waals surface area contributed by atoms with Crippen LogP contribution in [0.4, 0.5) is 0 Å². The highest BCUT2D eigenvalue weighted by atomic mass is 16.3. The van der Waals surface area contributed by atoms with E-state index in [0.717, 1.165) is 0 Å². The van der Waals surface area contributed by atoms with Gasteiger partial charge in [-0.3, -0.25) is 4.79 Å². The fraction of sp³-hybridized carbons (Fsp3) is 0.900. The minimum atomic E-state index is -0.841. The maximum Gasteiger partial charge on any atom is 0.237 e. The van der Waals surface area contributed by atoms with Crippen molar-refractivity contribution in [3.05, 3.63) is 0 Å². The molecule has 0 spiro atoms. The molecule has 0 aliphatic rings. The molecule has 4 heteroatoms. The van der Waals surface area contributed by atoms with Crippen molar-refractivity contribution in [2.24, 2.45) is 11.7 Å². The highest BCUT2D eigenvalue weighted by Crippen LogP contribution is 2.06. The monoisotopic (exact) mass is 202 g/mol. The Morgan fingerprint density at radius 1 is 1.57 bits per heavy atom. The van der Waals surface area contributed by atoms with Crippen LogP contribution < -0.4 is 11.1 Å². The molecule has 0 fully saturated rings. The quantitative estimate of drug-likeness (QED) is 0.598. The van der Waals surface area contributed by atoms with Crippen LogP contribution in [0.25, 0.3) is 0 Å². The summed E-state index contributed by atoms with van der Waals surface area (Å²) in [5, 5.41) is 12.3. The number of carbonyl (C=O) groups excluding carboxylic acids is 1. The Morgan fingerprint density at radius 3 is 2.43 bits per heavy atom. The molecule has 4 N–H and O–H groups in total. The first-order valence-corrected chi connectivity index (χ1v) is 5.06. The average molecular weight is 202 g/mol. The van der Waals surface area contributed by atoms with Gasteiger partial charge in [-0.25, -0.2) is 0 Å². The largest absolute Gasteiger partial charge is 0.388 e. The van der Waals surface area contributed by atoms with Crippen molar-refractivity contribution in [3.8, 4) is 0 Å². The van der Waals surface area contributed by atoms with Crippen LogP contribution in [0, 0.1) is 5.92 Å². The maximum atomic E-state index is 11.4. The van der Waals surface area contributed by atoms with Crippen LogP contribution >= 0.6 is 0 Å². The number of amides is 1. The molecule has 84 valence electrons. The number of nitrogens with one attached hydrogen (secondary N) is 1. The average Bonchev–Trinajstić information content (AvgIpc) is 2.13. The Bertz CT molecular complexity index is 191. The van der Waals surface area contributed by atoms with Crippen LogP contribution in [-0.4, -0.2) is 29.2 Å². The lowest BCUT2D eigenvalue weighted by molar-refractivity contribution is -0.124. The Morgan fingerprint density at radius 2 is 2.07 bits per heavy atom. The molecule has 2 unspecified atom stereocenters. The summed E-state index contributed by atoms with van der Waals surface area (Å²) in [7, 11) is 0. The molecule has 0 bridgehead atoms. The van der Waals surface area contributed by atoms with Crippen molar-refractivity contribution in [1.82, 2.24) is 5.32 Å². The summed E-state index contributed by atoms with van der Waals surface area (Å²) >= 11 is 0. The van der Waals surface area contributed by atoms with Gasteiger partial charge in [-0.15, -0.1) is 0 Å². The van der Waals surface area contributed by atoms with Gasteiger partial charge >= 0.3 is 0 Å². The molecule has 4 nitrogen and oxygen atoms in total. The van der Waals surface area contributed by atoms with E-state index >= 15 is 0 Å². The number of rotatable bonds is 5. The number of carbonyl (C=O) groups is 1. The standard InChI is InChI=1S/C10H22N2O2/c1-5-10(4,14)6-12-9(13)8(11)7(2)3/h7-8,14H,5-6,11H2,1-4H3,(H,12,13). The molecule has 0 aromatic rings. The summed E-state index contributed by atoms with van der Waals surface area (Å²) in [4.78, 5) is 11.4. The highest BCUT2D eigenvalue weighted by molar-refractivity contribution is 5.81. The maximum absolute atomic E-state index is 11.4. The molecule has 0 radical (unpaired) electrons. The Balaban J connectivity index is 3.97. The zero-order valence-corrected chi connectivity index (χ0v) is 9.50. The predicted molar refractivity (Wildman–Crippen MR) is 56.7 cm³/mol. The van der Waals surface area contributed by atoms with Gasteiger partial charge in [-0.2, -0.15) is 0 Å². The normalized spacial score (nSPS) is 17.6. The molecule has 0 rings (SSSR count). The van der Waals surface area contributed by atoms with Gasteiger partial charge in [0.05, 0.1) is 11.6 Å². The molecular weight excluding hydrogens is 180 g/mol. The van der Waals surface area contributed by atoms with Gasteiger partial charge in [0.15, 0.2) is 0 Å². The van der Waals surface area contributed by atoms with E-state index < -0.39 is 11.6 Å². The second kappa shape index (κ2) is 5.32. The highest BCUT2D eigenvalue weighted by Gasteiger charge is 2.22.